The van der Waals surface area contributed by atoms with Crippen molar-refractivity contribution in [2.45, 2.75) is 26.2 Å². The van der Waals surface area contributed by atoms with Gasteiger partial charge in [-0.1, -0.05) is 26.8 Å². The van der Waals surface area contributed by atoms with E-state index in [4.69, 9.17) is 0 Å². The minimum absolute atomic E-state index is 0.0919. The largest absolute Gasteiger partial charge is 0.367 e. The van der Waals surface area contributed by atoms with Gasteiger partial charge in [-0.25, -0.2) is 0 Å². The Balaban J connectivity index is 2.45. The molecular formula is C13H18N2O. The molecule has 0 atom stereocenters. The predicted octanol–water partition coefficient (Wildman–Crippen LogP) is 2.44. The van der Waals surface area contributed by atoms with Gasteiger partial charge in [-0.3, -0.25) is 4.79 Å². The van der Waals surface area contributed by atoms with Crippen LogP contribution in [-0.4, -0.2) is 24.5 Å². The summed E-state index contributed by atoms with van der Waals surface area (Å²) >= 11 is 0. The van der Waals surface area contributed by atoms with E-state index in [1.165, 1.54) is 5.56 Å². The summed E-state index contributed by atoms with van der Waals surface area (Å²) < 4.78 is 0. The van der Waals surface area contributed by atoms with Crippen LogP contribution in [0.15, 0.2) is 18.2 Å². The highest BCUT2D eigenvalue weighted by atomic mass is 16.2. The van der Waals surface area contributed by atoms with Crippen LogP contribution in [0.5, 0.6) is 0 Å². The molecule has 0 aliphatic carbocycles. The second kappa shape index (κ2) is 3.51. The van der Waals surface area contributed by atoms with E-state index in [1.807, 2.05) is 12.1 Å². The van der Waals surface area contributed by atoms with Crippen molar-refractivity contribution in [1.82, 2.24) is 4.90 Å². The second-order valence-corrected chi connectivity index (χ2v) is 5.35. The van der Waals surface area contributed by atoms with Crippen LogP contribution in [0.1, 0.15) is 36.7 Å². The van der Waals surface area contributed by atoms with Crippen molar-refractivity contribution < 1.29 is 4.79 Å². The summed E-state index contributed by atoms with van der Waals surface area (Å²) in [4.78, 5) is 13.5. The number of carbonyl (C=O) groups is 1. The van der Waals surface area contributed by atoms with E-state index >= 15 is 0 Å². The SMILES string of the molecule is CN1CNc2cc(C(C)(C)C)ccc2C1=O. The lowest BCUT2D eigenvalue weighted by Crippen LogP contribution is -2.36. The Morgan fingerprint density at radius 1 is 1.31 bits per heavy atom. The number of benzene rings is 1. The van der Waals surface area contributed by atoms with Gasteiger partial charge in [-0.2, -0.15) is 0 Å². The maximum atomic E-state index is 11.9. The first kappa shape index (κ1) is 11.0. The van der Waals surface area contributed by atoms with Gasteiger partial charge in [-0.05, 0) is 23.1 Å². The average molecular weight is 218 g/mol. The first-order chi connectivity index (χ1) is 7.39. The Morgan fingerprint density at radius 3 is 2.62 bits per heavy atom. The van der Waals surface area contributed by atoms with Crippen LogP contribution in [0.2, 0.25) is 0 Å². The molecule has 1 N–H and O–H groups in total. The van der Waals surface area contributed by atoms with Crippen molar-refractivity contribution in [2.75, 3.05) is 19.0 Å². The molecule has 16 heavy (non-hydrogen) atoms. The van der Waals surface area contributed by atoms with Crippen LogP contribution in [0.4, 0.5) is 5.69 Å². The van der Waals surface area contributed by atoms with Crippen molar-refractivity contribution >= 4 is 11.6 Å². The minimum Gasteiger partial charge on any atom is -0.367 e. The normalized spacial score (nSPS) is 15.8. The molecule has 2 rings (SSSR count). The Morgan fingerprint density at radius 2 is 2.00 bits per heavy atom. The Labute approximate surface area is 96.5 Å². The van der Waals surface area contributed by atoms with E-state index in [1.54, 1.807) is 11.9 Å². The van der Waals surface area contributed by atoms with Gasteiger partial charge in [0, 0.05) is 12.7 Å². The monoisotopic (exact) mass is 218 g/mol. The van der Waals surface area contributed by atoms with E-state index in [9.17, 15) is 4.79 Å². The predicted molar refractivity (Wildman–Crippen MR) is 65.7 cm³/mol. The Kier molecular flexibility index (Phi) is 2.41. The Hall–Kier alpha value is -1.51. The molecule has 0 saturated heterocycles. The summed E-state index contributed by atoms with van der Waals surface area (Å²) in [7, 11) is 1.80. The topological polar surface area (TPSA) is 32.3 Å². The molecular weight excluding hydrogens is 200 g/mol. The quantitative estimate of drug-likeness (QED) is 0.725. The van der Waals surface area contributed by atoms with Gasteiger partial charge in [0.2, 0.25) is 0 Å². The number of nitrogens with one attached hydrogen (secondary N) is 1. The number of rotatable bonds is 0. The third kappa shape index (κ3) is 1.77. The lowest BCUT2D eigenvalue weighted by atomic mass is 9.86. The van der Waals surface area contributed by atoms with Crippen LogP contribution in [-0.2, 0) is 5.41 Å². The fourth-order valence-corrected chi connectivity index (χ4v) is 1.82. The zero-order valence-electron chi connectivity index (χ0n) is 10.3. The number of carbonyl (C=O) groups excluding carboxylic acids is 1. The van der Waals surface area contributed by atoms with Gasteiger partial charge in [0.25, 0.3) is 5.91 Å². The maximum Gasteiger partial charge on any atom is 0.257 e. The molecule has 1 aliphatic rings. The number of anilines is 1. The highest BCUT2D eigenvalue weighted by molar-refractivity contribution is 6.01. The smallest absolute Gasteiger partial charge is 0.257 e. The van der Waals surface area contributed by atoms with Gasteiger partial charge in [0.05, 0.1) is 12.2 Å². The van der Waals surface area contributed by atoms with E-state index < -0.39 is 0 Å². The lowest BCUT2D eigenvalue weighted by Gasteiger charge is -2.28. The summed E-state index contributed by atoms with van der Waals surface area (Å²) in [6.07, 6.45) is 0. The van der Waals surface area contributed by atoms with Crippen LogP contribution in [0.25, 0.3) is 0 Å². The van der Waals surface area contributed by atoms with E-state index in [-0.39, 0.29) is 11.3 Å². The zero-order valence-corrected chi connectivity index (χ0v) is 10.3. The molecule has 1 aromatic rings. The fourth-order valence-electron chi connectivity index (χ4n) is 1.82. The molecule has 1 amide bonds. The van der Waals surface area contributed by atoms with Crippen molar-refractivity contribution in [3.63, 3.8) is 0 Å². The number of fused-ring (bicyclic) bond motifs is 1. The van der Waals surface area contributed by atoms with E-state index in [0.29, 0.717) is 6.67 Å². The van der Waals surface area contributed by atoms with E-state index in [0.717, 1.165) is 11.3 Å². The summed E-state index contributed by atoms with van der Waals surface area (Å²) in [6, 6.07) is 6.04. The van der Waals surface area contributed by atoms with Crippen molar-refractivity contribution in [3.05, 3.63) is 29.3 Å². The third-order valence-corrected chi connectivity index (χ3v) is 2.97. The standard InChI is InChI=1S/C13H18N2O/c1-13(2,3)9-5-6-10-11(7-9)14-8-15(4)12(10)16/h5-7,14H,8H2,1-4H3. The lowest BCUT2D eigenvalue weighted by molar-refractivity contribution is 0.0796. The first-order valence-electron chi connectivity index (χ1n) is 5.53. The molecule has 1 heterocycles. The third-order valence-electron chi connectivity index (χ3n) is 2.97. The molecule has 0 unspecified atom stereocenters. The van der Waals surface area contributed by atoms with Gasteiger partial charge in [0.15, 0.2) is 0 Å². The minimum atomic E-state index is 0.0919. The summed E-state index contributed by atoms with van der Waals surface area (Å²) in [6.45, 7) is 7.10. The molecule has 0 fully saturated rings. The van der Waals surface area contributed by atoms with Crippen LogP contribution in [0.3, 0.4) is 0 Å². The number of hydrogen-bond donors (Lipinski definition) is 1. The molecule has 0 spiro atoms. The molecule has 0 radical (unpaired) electrons. The van der Waals surface area contributed by atoms with Crippen LogP contribution < -0.4 is 5.32 Å². The molecule has 0 aromatic heterocycles. The van der Waals surface area contributed by atoms with Crippen LogP contribution in [0, 0.1) is 0 Å². The fraction of sp³-hybridized carbons (Fsp3) is 0.462. The molecule has 3 nitrogen and oxygen atoms in total. The van der Waals surface area contributed by atoms with Crippen molar-refractivity contribution in [1.29, 1.82) is 0 Å². The molecule has 0 bridgehead atoms. The zero-order chi connectivity index (χ0) is 11.9. The van der Waals surface area contributed by atoms with E-state index in [2.05, 4.69) is 32.2 Å². The van der Waals surface area contributed by atoms with Gasteiger partial charge in [-0.15, -0.1) is 0 Å². The molecule has 3 heteroatoms. The van der Waals surface area contributed by atoms with Crippen molar-refractivity contribution in [3.8, 4) is 0 Å². The summed E-state index contributed by atoms with van der Waals surface area (Å²) in [5.41, 5.74) is 3.08. The maximum absolute atomic E-state index is 11.9. The second-order valence-electron chi connectivity index (χ2n) is 5.35. The molecule has 1 aromatic carbocycles. The summed E-state index contributed by atoms with van der Waals surface area (Å²) in [5, 5.41) is 3.26. The number of nitrogens with zero attached hydrogens (tertiary/aromatic N) is 1. The van der Waals surface area contributed by atoms with Crippen LogP contribution >= 0.6 is 0 Å². The number of amides is 1. The molecule has 0 saturated carbocycles. The van der Waals surface area contributed by atoms with Gasteiger partial charge < -0.3 is 10.2 Å². The molecule has 86 valence electrons. The first-order valence-corrected chi connectivity index (χ1v) is 5.53. The summed E-state index contributed by atoms with van der Waals surface area (Å²) in [5.74, 6) is 0.0919. The highest BCUT2D eigenvalue weighted by Gasteiger charge is 2.23. The average Bonchev–Trinajstić information content (AvgIpc) is 2.22. The van der Waals surface area contributed by atoms with Crippen molar-refractivity contribution in [2.24, 2.45) is 0 Å². The van der Waals surface area contributed by atoms with Gasteiger partial charge in [0.1, 0.15) is 0 Å². The Bertz CT molecular complexity index is 432. The van der Waals surface area contributed by atoms with Gasteiger partial charge >= 0.3 is 0 Å². The number of hydrogen-bond acceptors (Lipinski definition) is 2. The highest BCUT2D eigenvalue weighted by Crippen LogP contribution is 2.29. The molecule has 1 aliphatic heterocycles.